The van der Waals surface area contributed by atoms with E-state index in [2.05, 4.69) is 10.2 Å². The van der Waals surface area contributed by atoms with Gasteiger partial charge in [0.1, 0.15) is 0 Å². The molecule has 2 aliphatic heterocycles. The molecule has 6 nitrogen and oxygen atoms in total. The minimum absolute atomic E-state index is 0.0212. The van der Waals surface area contributed by atoms with Crippen LogP contribution in [-0.4, -0.2) is 41.8 Å². The Bertz CT molecular complexity index is 1350. The second-order valence-corrected chi connectivity index (χ2v) is 10.5. The average molecular weight is 514 g/mol. The van der Waals surface area contributed by atoms with Crippen LogP contribution in [0, 0.1) is 5.92 Å². The van der Waals surface area contributed by atoms with Gasteiger partial charge in [0, 0.05) is 30.1 Å². The number of fused-ring (bicyclic) bond motifs is 1. The first-order chi connectivity index (χ1) is 18.0. The van der Waals surface area contributed by atoms with Crippen molar-refractivity contribution in [3.8, 4) is 0 Å². The molecule has 1 saturated heterocycles. The molecule has 3 amide bonds. The zero-order valence-electron chi connectivity index (χ0n) is 20.4. The number of halogens is 1. The second-order valence-electron chi connectivity index (χ2n) is 10.1. The molecule has 0 bridgehead atoms. The van der Waals surface area contributed by atoms with Crippen molar-refractivity contribution in [3.63, 3.8) is 0 Å². The first-order valence-electron chi connectivity index (χ1n) is 12.9. The van der Waals surface area contributed by atoms with Gasteiger partial charge in [0.25, 0.3) is 11.8 Å². The first kappa shape index (κ1) is 23.7. The fourth-order valence-corrected chi connectivity index (χ4v) is 5.64. The molecular weight excluding hydrogens is 486 g/mol. The molecule has 188 valence electrons. The predicted octanol–water partition coefficient (Wildman–Crippen LogP) is 5.22. The highest BCUT2D eigenvalue weighted by molar-refractivity contribution is 6.30. The van der Waals surface area contributed by atoms with Crippen molar-refractivity contribution in [1.82, 2.24) is 10.2 Å². The summed E-state index contributed by atoms with van der Waals surface area (Å²) in [5.41, 5.74) is 3.82. The number of amides is 3. The number of anilines is 1. The molecule has 0 spiro atoms. The number of hydrogen-bond donors (Lipinski definition) is 1. The Hall–Kier alpha value is -3.64. The normalized spacial score (nSPS) is 18.6. The van der Waals surface area contributed by atoms with Crippen LogP contribution in [-0.2, 0) is 4.79 Å². The number of imide groups is 1. The van der Waals surface area contributed by atoms with Gasteiger partial charge in [0.15, 0.2) is 0 Å². The quantitative estimate of drug-likeness (QED) is 0.459. The molecule has 37 heavy (non-hydrogen) atoms. The van der Waals surface area contributed by atoms with E-state index < -0.39 is 0 Å². The van der Waals surface area contributed by atoms with Gasteiger partial charge in [-0.15, -0.1) is 0 Å². The van der Waals surface area contributed by atoms with E-state index in [1.54, 1.807) is 6.07 Å². The molecule has 3 aliphatic rings. The molecule has 1 unspecified atom stereocenters. The van der Waals surface area contributed by atoms with Crippen LogP contribution in [0.25, 0.3) is 0 Å². The van der Waals surface area contributed by atoms with Gasteiger partial charge in [0.2, 0.25) is 5.91 Å². The van der Waals surface area contributed by atoms with Crippen LogP contribution in [0.5, 0.6) is 0 Å². The van der Waals surface area contributed by atoms with Crippen LogP contribution >= 0.6 is 11.6 Å². The molecule has 7 heteroatoms. The Morgan fingerprint density at radius 3 is 2.16 bits per heavy atom. The molecule has 1 N–H and O–H groups in total. The Kier molecular flexibility index (Phi) is 6.21. The van der Waals surface area contributed by atoms with Gasteiger partial charge >= 0.3 is 0 Å². The minimum Gasteiger partial charge on any atom is -0.371 e. The summed E-state index contributed by atoms with van der Waals surface area (Å²) < 4.78 is 0. The Morgan fingerprint density at radius 2 is 1.49 bits per heavy atom. The fraction of sp³-hybridized carbons (Fsp3) is 0.300. The van der Waals surface area contributed by atoms with Gasteiger partial charge in [-0.25, -0.2) is 0 Å². The van der Waals surface area contributed by atoms with Crippen LogP contribution < -0.4 is 10.2 Å². The van der Waals surface area contributed by atoms with Crippen molar-refractivity contribution < 1.29 is 14.4 Å². The van der Waals surface area contributed by atoms with E-state index in [0.29, 0.717) is 42.1 Å². The fourth-order valence-electron chi connectivity index (χ4n) is 5.52. The first-order valence-corrected chi connectivity index (χ1v) is 13.3. The van der Waals surface area contributed by atoms with Crippen molar-refractivity contribution in [2.45, 2.75) is 37.8 Å². The van der Waals surface area contributed by atoms with Crippen molar-refractivity contribution in [3.05, 3.63) is 100 Å². The smallest absolute Gasteiger partial charge is 0.263 e. The molecule has 0 radical (unpaired) electrons. The molecule has 2 fully saturated rings. The van der Waals surface area contributed by atoms with Crippen molar-refractivity contribution in [2.75, 3.05) is 18.0 Å². The summed E-state index contributed by atoms with van der Waals surface area (Å²) in [6.45, 7) is 1.30. The van der Waals surface area contributed by atoms with Crippen LogP contribution in [0.3, 0.4) is 0 Å². The molecule has 6 rings (SSSR count). The lowest BCUT2D eigenvalue weighted by molar-refractivity contribution is -0.126. The van der Waals surface area contributed by atoms with Crippen molar-refractivity contribution in [2.24, 2.45) is 5.92 Å². The lowest BCUT2D eigenvalue weighted by atomic mass is 9.92. The molecule has 0 aromatic heterocycles. The highest BCUT2D eigenvalue weighted by atomic mass is 35.5. The standard InChI is InChI=1S/C30H28ClN3O3/c31-22-11-9-20(10-12-22)27(19-5-2-1-3-6-19)32-28(35)21-15-17-33(18-16-21)25-8-4-7-24-26(25)30(37)34(29(24)36)23-13-14-23/h1-12,21,23,27H,13-18H2,(H,32,35). The molecular formula is C30H28ClN3O3. The third-order valence-corrected chi connectivity index (χ3v) is 7.92. The topological polar surface area (TPSA) is 69.7 Å². The van der Waals surface area contributed by atoms with Crippen molar-refractivity contribution in [1.29, 1.82) is 0 Å². The van der Waals surface area contributed by atoms with Gasteiger partial charge in [-0.05, 0) is 61.1 Å². The average Bonchev–Trinajstić information content (AvgIpc) is 3.73. The van der Waals surface area contributed by atoms with E-state index in [4.69, 9.17) is 11.6 Å². The van der Waals surface area contributed by atoms with Gasteiger partial charge in [-0.1, -0.05) is 60.1 Å². The summed E-state index contributed by atoms with van der Waals surface area (Å²) in [7, 11) is 0. The second kappa shape index (κ2) is 9.67. The molecule has 3 aromatic rings. The van der Waals surface area contributed by atoms with Crippen LogP contribution in [0.2, 0.25) is 5.02 Å². The maximum atomic E-state index is 13.4. The zero-order chi connectivity index (χ0) is 25.5. The number of piperidine rings is 1. The minimum atomic E-state index is -0.265. The summed E-state index contributed by atoms with van der Waals surface area (Å²) in [5.74, 6) is -0.459. The number of carbonyl (C=O) groups excluding carboxylic acids is 3. The van der Waals surface area contributed by atoms with E-state index in [-0.39, 0.29) is 35.7 Å². The SMILES string of the molecule is O=C(NC(c1ccccc1)c1ccc(Cl)cc1)C1CCN(c2cccc3c2C(=O)N(C2CC2)C3=O)CC1. The highest BCUT2D eigenvalue weighted by Crippen LogP contribution is 2.39. The molecule has 1 aliphatic carbocycles. The Labute approximate surface area is 221 Å². The number of rotatable bonds is 6. The third-order valence-electron chi connectivity index (χ3n) is 7.67. The molecule has 1 atom stereocenters. The molecule has 2 heterocycles. The van der Waals surface area contributed by atoms with Crippen LogP contribution in [0.4, 0.5) is 5.69 Å². The number of carbonyl (C=O) groups is 3. The lowest BCUT2D eigenvalue weighted by Crippen LogP contribution is -2.42. The maximum Gasteiger partial charge on any atom is 0.263 e. The maximum absolute atomic E-state index is 13.4. The number of hydrogen-bond acceptors (Lipinski definition) is 4. The van der Waals surface area contributed by atoms with Crippen molar-refractivity contribution >= 4 is 35.0 Å². The Morgan fingerprint density at radius 1 is 0.811 bits per heavy atom. The van der Waals surface area contributed by atoms with E-state index >= 15 is 0 Å². The zero-order valence-corrected chi connectivity index (χ0v) is 21.2. The number of benzene rings is 3. The summed E-state index contributed by atoms with van der Waals surface area (Å²) in [6, 6.07) is 22.8. The lowest BCUT2D eigenvalue weighted by Gasteiger charge is -2.34. The Balaban J connectivity index is 1.16. The van der Waals surface area contributed by atoms with E-state index in [9.17, 15) is 14.4 Å². The molecule has 1 saturated carbocycles. The van der Waals surface area contributed by atoms with Gasteiger partial charge in [-0.3, -0.25) is 19.3 Å². The van der Waals surface area contributed by atoms with Crippen LogP contribution in [0.1, 0.15) is 63.6 Å². The van der Waals surface area contributed by atoms with Gasteiger partial charge in [0.05, 0.1) is 22.9 Å². The molecule has 3 aromatic carbocycles. The summed E-state index contributed by atoms with van der Waals surface area (Å²) in [6.07, 6.45) is 3.13. The van der Waals surface area contributed by atoms with E-state index in [0.717, 1.165) is 29.7 Å². The monoisotopic (exact) mass is 513 g/mol. The summed E-state index contributed by atoms with van der Waals surface area (Å²) in [4.78, 5) is 43.0. The highest BCUT2D eigenvalue weighted by Gasteiger charge is 2.46. The number of nitrogens with one attached hydrogen (secondary N) is 1. The summed E-state index contributed by atoms with van der Waals surface area (Å²) in [5, 5.41) is 3.92. The van der Waals surface area contributed by atoms with Gasteiger partial charge < -0.3 is 10.2 Å². The predicted molar refractivity (Wildman–Crippen MR) is 143 cm³/mol. The van der Waals surface area contributed by atoms with Gasteiger partial charge in [-0.2, -0.15) is 0 Å². The summed E-state index contributed by atoms with van der Waals surface area (Å²) >= 11 is 6.10. The largest absolute Gasteiger partial charge is 0.371 e. The number of nitrogens with zero attached hydrogens (tertiary/aromatic N) is 2. The van der Waals surface area contributed by atoms with E-state index in [1.165, 1.54) is 4.90 Å². The van der Waals surface area contributed by atoms with Crippen LogP contribution in [0.15, 0.2) is 72.8 Å². The van der Waals surface area contributed by atoms with E-state index in [1.807, 2.05) is 66.7 Å². The third kappa shape index (κ3) is 4.51.